The van der Waals surface area contributed by atoms with E-state index in [1.165, 1.54) is 0 Å². The van der Waals surface area contributed by atoms with Gasteiger partial charge in [-0.25, -0.2) is 0 Å². The second-order valence-electron chi connectivity index (χ2n) is 7.28. The van der Waals surface area contributed by atoms with E-state index in [0.717, 1.165) is 23.2 Å². The molecule has 0 aromatic carbocycles. The van der Waals surface area contributed by atoms with Crippen molar-refractivity contribution in [3.63, 3.8) is 0 Å². The van der Waals surface area contributed by atoms with E-state index in [0.29, 0.717) is 18.2 Å². The molecule has 3 heterocycles. The lowest BCUT2D eigenvalue weighted by Gasteiger charge is -2.24. The molecule has 1 aliphatic rings. The number of thiophene rings is 1. The minimum atomic E-state index is 0.0743. The molecule has 0 spiro atoms. The van der Waals surface area contributed by atoms with Gasteiger partial charge >= 0.3 is 0 Å². The Kier molecular flexibility index (Phi) is 3.58. The van der Waals surface area contributed by atoms with Gasteiger partial charge in [0.1, 0.15) is 5.69 Å². The molecular weight excluding hydrogens is 282 g/mol. The van der Waals surface area contributed by atoms with Crippen molar-refractivity contribution in [1.82, 2.24) is 9.88 Å². The number of nitrogens with zero attached hydrogens (tertiary/aromatic N) is 1. The number of hydrogen-bond donors (Lipinski definition) is 2. The summed E-state index contributed by atoms with van der Waals surface area (Å²) in [6.07, 6.45) is 1.05. The Morgan fingerprint density at radius 3 is 2.90 bits per heavy atom. The minimum Gasteiger partial charge on any atom is -0.350 e. The largest absolute Gasteiger partial charge is 0.350 e. The van der Waals surface area contributed by atoms with Crippen LogP contribution in [0.3, 0.4) is 0 Å². The SMILES string of the molecule is CC(C)(C)C[C@@H]1CN(C(=O)c2cc3sccc3[nH]2)C[C@H]1N. The van der Waals surface area contributed by atoms with Crippen molar-refractivity contribution in [3.8, 4) is 0 Å². The molecule has 0 radical (unpaired) electrons. The second kappa shape index (κ2) is 5.14. The van der Waals surface area contributed by atoms with Crippen LogP contribution in [0.5, 0.6) is 0 Å². The summed E-state index contributed by atoms with van der Waals surface area (Å²) in [6.45, 7) is 8.10. The number of amides is 1. The summed E-state index contributed by atoms with van der Waals surface area (Å²) in [5.41, 5.74) is 8.21. The van der Waals surface area contributed by atoms with Crippen molar-refractivity contribution < 1.29 is 4.79 Å². The zero-order valence-electron chi connectivity index (χ0n) is 12.8. The summed E-state index contributed by atoms with van der Waals surface area (Å²) in [5.74, 6) is 0.468. The van der Waals surface area contributed by atoms with Crippen molar-refractivity contribution >= 4 is 27.5 Å². The van der Waals surface area contributed by atoms with Crippen molar-refractivity contribution in [2.45, 2.75) is 33.2 Å². The van der Waals surface area contributed by atoms with Crippen LogP contribution in [0.2, 0.25) is 0 Å². The molecular formula is C16H23N3OS. The first-order valence-electron chi connectivity index (χ1n) is 7.44. The van der Waals surface area contributed by atoms with E-state index < -0.39 is 0 Å². The highest BCUT2D eigenvalue weighted by atomic mass is 32.1. The zero-order valence-corrected chi connectivity index (χ0v) is 13.7. The Labute approximate surface area is 129 Å². The van der Waals surface area contributed by atoms with Crippen LogP contribution in [-0.4, -0.2) is 34.9 Å². The van der Waals surface area contributed by atoms with Gasteiger partial charge in [0, 0.05) is 19.1 Å². The number of nitrogens with one attached hydrogen (secondary N) is 1. The average Bonchev–Trinajstić information content (AvgIpc) is 3.01. The highest BCUT2D eigenvalue weighted by Gasteiger charge is 2.35. The second-order valence-corrected chi connectivity index (χ2v) is 8.23. The molecule has 4 nitrogen and oxygen atoms in total. The summed E-state index contributed by atoms with van der Waals surface area (Å²) in [4.78, 5) is 17.7. The molecule has 5 heteroatoms. The van der Waals surface area contributed by atoms with E-state index >= 15 is 0 Å². The quantitative estimate of drug-likeness (QED) is 0.895. The predicted octanol–water partition coefficient (Wildman–Crippen LogP) is 3.06. The van der Waals surface area contributed by atoms with Crippen LogP contribution < -0.4 is 5.73 Å². The minimum absolute atomic E-state index is 0.0743. The van der Waals surface area contributed by atoms with E-state index in [4.69, 9.17) is 5.73 Å². The highest BCUT2D eigenvalue weighted by Crippen LogP contribution is 2.31. The summed E-state index contributed by atoms with van der Waals surface area (Å²) in [6, 6.07) is 4.05. The standard InChI is InChI=1S/C16H23N3OS/c1-16(2,3)7-10-8-19(9-11(10)17)15(20)13-6-14-12(18-13)4-5-21-14/h4-6,10-11,18H,7-9,17H2,1-3H3/t10-,11-/m1/s1. The van der Waals surface area contributed by atoms with Gasteiger partial charge in [-0.2, -0.15) is 0 Å². The number of H-pyrrole nitrogens is 1. The number of nitrogens with two attached hydrogens (primary N) is 1. The molecule has 114 valence electrons. The molecule has 0 unspecified atom stereocenters. The molecule has 0 saturated carbocycles. The van der Waals surface area contributed by atoms with Gasteiger partial charge in [0.2, 0.25) is 0 Å². The first-order valence-corrected chi connectivity index (χ1v) is 8.32. The number of aromatic nitrogens is 1. The number of likely N-dealkylation sites (tertiary alicyclic amines) is 1. The van der Waals surface area contributed by atoms with Gasteiger partial charge < -0.3 is 15.6 Å². The highest BCUT2D eigenvalue weighted by molar-refractivity contribution is 7.17. The van der Waals surface area contributed by atoms with Crippen LogP contribution in [0.25, 0.3) is 10.2 Å². The predicted molar refractivity (Wildman–Crippen MR) is 87.6 cm³/mol. The van der Waals surface area contributed by atoms with Crippen LogP contribution in [0.1, 0.15) is 37.7 Å². The summed E-state index contributed by atoms with van der Waals surface area (Å²) in [5, 5.41) is 2.03. The molecule has 3 rings (SSSR count). The van der Waals surface area contributed by atoms with Crippen LogP contribution in [-0.2, 0) is 0 Å². The van der Waals surface area contributed by atoms with Crippen molar-refractivity contribution in [2.75, 3.05) is 13.1 Å². The lowest BCUT2D eigenvalue weighted by atomic mass is 9.83. The molecule has 1 amide bonds. The number of aromatic amines is 1. The van der Waals surface area contributed by atoms with Gasteiger partial charge in [-0.1, -0.05) is 20.8 Å². The zero-order chi connectivity index (χ0) is 15.2. The van der Waals surface area contributed by atoms with E-state index in [9.17, 15) is 4.79 Å². The molecule has 2 aromatic rings. The van der Waals surface area contributed by atoms with Crippen molar-refractivity contribution in [2.24, 2.45) is 17.1 Å². The maximum Gasteiger partial charge on any atom is 0.270 e. The van der Waals surface area contributed by atoms with Crippen LogP contribution >= 0.6 is 11.3 Å². The summed E-state index contributed by atoms with van der Waals surface area (Å²) >= 11 is 1.65. The Balaban J connectivity index is 1.72. The van der Waals surface area contributed by atoms with Crippen LogP contribution in [0, 0.1) is 11.3 Å². The smallest absolute Gasteiger partial charge is 0.270 e. The third-order valence-electron chi connectivity index (χ3n) is 4.12. The molecule has 2 aromatic heterocycles. The topological polar surface area (TPSA) is 62.1 Å². The lowest BCUT2D eigenvalue weighted by molar-refractivity contribution is 0.0778. The molecule has 0 aliphatic carbocycles. The fraction of sp³-hybridized carbons (Fsp3) is 0.562. The first-order chi connectivity index (χ1) is 9.83. The normalized spacial score (nSPS) is 23.1. The van der Waals surface area contributed by atoms with E-state index in [1.54, 1.807) is 11.3 Å². The summed E-state index contributed by atoms with van der Waals surface area (Å²) < 4.78 is 1.13. The molecule has 0 bridgehead atoms. The number of rotatable bonds is 2. The van der Waals surface area contributed by atoms with Gasteiger partial charge in [0.25, 0.3) is 5.91 Å². The number of carbonyl (C=O) groups is 1. The van der Waals surface area contributed by atoms with E-state index in [2.05, 4.69) is 25.8 Å². The van der Waals surface area contributed by atoms with E-state index in [1.807, 2.05) is 22.4 Å². The molecule has 1 saturated heterocycles. The lowest BCUT2D eigenvalue weighted by Crippen LogP contribution is -2.33. The summed E-state index contributed by atoms with van der Waals surface area (Å²) in [7, 11) is 0. The van der Waals surface area contributed by atoms with Crippen LogP contribution in [0.15, 0.2) is 17.5 Å². The average molecular weight is 305 g/mol. The monoisotopic (exact) mass is 305 g/mol. The van der Waals surface area contributed by atoms with Gasteiger partial charge in [-0.15, -0.1) is 11.3 Å². The molecule has 1 fully saturated rings. The number of fused-ring (bicyclic) bond motifs is 1. The molecule has 3 N–H and O–H groups in total. The fourth-order valence-electron chi connectivity index (χ4n) is 3.20. The van der Waals surface area contributed by atoms with Gasteiger partial charge in [-0.05, 0) is 35.3 Å². The third kappa shape index (κ3) is 2.99. The number of carbonyl (C=O) groups excluding carboxylic acids is 1. The number of hydrogen-bond acceptors (Lipinski definition) is 3. The first kappa shape index (κ1) is 14.6. The maximum absolute atomic E-state index is 12.6. The Bertz CT molecular complexity index is 623. The van der Waals surface area contributed by atoms with Crippen molar-refractivity contribution in [3.05, 3.63) is 23.2 Å². The maximum atomic E-state index is 12.6. The van der Waals surface area contributed by atoms with Gasteiger partial charge in [0.05, 0.1) is 10.2 Å². The van der Waals surface area contributed by atoms with Gasteiger partial charge in [0.15, 0.2) is 0 Å². The Morgan fingerprint density at radius 1 is 1.48 bits per heavy atom. The van der Waals surface area contributed by atoms with Crippen molar-refractivity contribution in [1.29, 1.82) is 0 Å². The van der Waals surface area contributed by atoms with Crippen LogP contribution in [0.4, 0.5) is 0 Å². The Morgan fingerprint density at radius 2 is 2.24 bits per heavy atom. The fourth-order valence-corrected chi connectivity index (χ4v) is 3.98. The molecule has 2 atom stereocenters. The molecule has 1 aliphatic heterocycles. The molecule has 21 heavy (non-hydrogen) atoms. The van der Waals surface area contributed by atoms with Gasteiger partial charge in [-0.3, -0.25) is 4.79 Å². The Hall–Kier alpha value is -1.33. The third-order valence-corrected chi connectivity index (χ3v) is 4.99. The van der Waals surface area contributed by atoms with E-state index in [-0.39, 0.29) is 17.4 Å².